The number of nitrogens with one attached hydrogen (secondary N) is 1. The molecule has 122 valence electrons. The Balaban J connectivity index is 1.74. The van der Waals surface area contributed by atoms with Crippen molar-refractivity contribution in [2.75, 3.05) is 13.1 Å². The number of likely N-dealkylation sites (tertiary alicyclic amines) is 1. The molecule has 2 rings (SSSR count). The van der Waals surface area contributed by atoms with Crippen LogP contribution in [0.15, 0.2) is 6.33 Å². The largest absolute Gasteiger partial charge is 0.346 e. The fourth-order valence-corrected chi connectivity index (χ4v) is 2.76. The highest BCUT2D eigenvalue weighted by Gasteiger charge is 2.20. The third-order valence-corrected chi connectivity index (χ3v) is 3.88. The van der Waals surface area contributed by atoms with Gasteiger partial charge in [0.15, 0.2) is 5.82 Å². The van der Waals surface area contributed by atoms with E-state index in [-0.39, 0.29) is 17.9 Å². The molecule has 1 fully saturated rings. The Bertz CT molecular complexity index is 514. The van der Waals surface area contributed by atoms with Crippen molar-refractivity contribution in [3.8, 4) is 0 Å². The van der Waals surface area contributed by atoms with Crippen LogP contribution in [0.3, 0.4) is 0 Å². The highest BCUT2D eigenvalue weighted by atomic mass is 16.2. The summed E-state index contributed by atoms with van der Waals surface area (Å²) >= 11 is 0. The van der Waals surface area contributed by atoms with E-state index in [0.29, 0.717) is 25.8 Å². The first kappa shape index (κ1) is 16.5. The lowest BCUT2D eigenvalue weighted by molar-refractivity contribution is -0.128. The van der Waals surface area contributed by atoms with E-state index in [0.717, 1.165) is 31.8 Å². The van der Waals surface area contributed by atoms with Gasteiger partial charge in [0, 0.05) is 32.5 Å². The first-order valence-electron chi connectivity index (χ1n) is 8.06. The summed E-state index contributed by atoms with van der Waals surface area (Å²) in [7, 11) is 0. The predicted molar refractivity (Wildman–Crippen MR) is 81.9 cm³/mol. The van der Waals surface area contributed by atoms with Crippen molar-refractivity contribution in [3.63, 3.8) is 0 Å². The van der Waals surface area contributed by atoms with Crippen LogP contribution in [-0.2, 0) is 16.1 Å². The number of hydrogen-bond donors (Lipinski definition) is 1. The van der Waals surface area contributed by atoms with Gasteiger partial charge >= 0.3 is 0 Å². The molecule has 1 aliphatic rings. The number of nitrogens with zero attached hydrogens (tertiary/aromatic N) is 4. The van der Waals surface area contributed by atoms with Crippen LogP contribution in [-0.4, -0.2) is 44.6 Å². The van der Waals surface area contributed by atoms with Crippen molar-refractivity contribution in [1.82, 2.24) is 25.0 Å². The first-order valence-corrected chi connectivity index (χ1v) is 8.06. The zero-order valence-electron chi connectivity index (χ0n) is 13.4. The van der Waals surface area contributed by atoms with Crippen molar-refractivity contribution < 1.29 is 9.59 Å². The van der Waals surface area contributed by atoms with Crippen molar-refractivity contribution in [3.05, 3.63) is 12.2 Å². The summed E-state index contributed by atoms with van der Waals surface area (Å²) in [6, 6.07) is -0.157. The molecule has 1 aliphatic heterocycles. The molecule has 1 unspecified atom stereocenters. The third-order valence-electron chi connectivity index (χ3n) is 3.88. The van der Waals surface area contributed by atoms with Crippen LogP contribution >= 0.6 is 0 Å². The highest BCUT2D eigenvalue weighted by Crippen LogP contribution is 2.12. The molecule has 0 aromatic carbocycles. The van der Waals surface area contributed by atoms with Crippen LogP contribution in [0.1, 0.15) is 57.8 Å². The second-order valence-corrected chi connectivity index (χ2v) is 5.76. The lowest BCUT2D eigenvalue weighted by Crippen LogP contribution is -2.30. The standard InChI is InChI=1S/C15H25N5O2/c1-3-8-20-11-16-18-15(20)12(2)17-13(21)6-4-9-19-10-5-7-14(19)22/h11-12H,3-10H2,1-2H3,(H,17,21). The van der Waals surface area contributed by atoms with Crippen molar-refractivity contribution >= 4 is 11.8 Å². The van der Waals surface area contributed by atoms with E-state index in [1.807, 2.05) is 16.4 Å². The average molecular weight is 307 g/mol. The SMILES string of the molecule is CCCn1cnnc1C(C)NC(=O)CCCN1CCCC1=O. The number of carbonyl (C=O) groups excluding carboxylic acids is 2. The van der Waals surface area contributed by atoms with Crippen LogP contribution in [0, 0.1) is 0 Å². The molecule has 0 saturated carbocycles. The summed E-state index contributed by atoms with van der Waals surface area (Å²) in [5.74, 6) is 0.983. The van der Waals surface area contributed by atoms with Gasteiger partial charge in [0.2, 0.25) is 11.8 Å². The molecule has 0 radical (unpaired) electrons. The molecule has 0 aliphatic carbocycles. The van der Waals surface area contributed by atoms with E-state index in [2.05, 4.69) is 22.4 Å². The molecule has 1 aromatic heterocycles. The molecule has 1 aromatic rings. The maximum Gasteiger partial charge on any atom is 0.222 e. The van der Waals surface area contributed by atoms with E-state index in [1.54, 1.807) is 6.33 Å². The Labute approximate surface area is 131 Å². The summed E-state index contributed by atoms with van der Waals surface area (Å²) in [5.41, 5.74) is 0. The molecule has 7 heteroatoms. The van der Waals surface area contributed by atoms with Gasteiger partial charge in [-0.05, 0) is 26.2 Å². The second-order valence-electron chi connectivity index (χ2n) is 5.76. The van der Waals surface area contributed by atoms with Crippen LogP contribution in [0.4, 0.5) is 0 Å². The lowest BCUT2D eigenvalue weighted by Gasteiger charge is -2.16. The van der Waals surface area contributed by atoms with Crippen molar-refractivity contribution in [2.24, 2.45) is 0 Å². The maximum absolute atomic E-state index is 12.0. The maximum atomic E-state index is 12.0. The zero-order valence-corrected chi connectivity index (χ0v) is 13.4. The second kappa shape index (κ2) is 7.91. The number of hydrogen-bond acceptors (Lipinski definition) is 4. The molecule has 7 nitrogen and oxygen atoms in total. The number of amides is 2. The van der Waals surface area contributed by atoms with Crippen LogP contribution in [0.25, 0.3) is 0 Å². The predicted octanol–water partition coefficient (Wildman–Crippen LogP) is 1.27. The van der Waals surface area contributed by atoms with Gasteiger partial charge in [-0.3, -0.25) is 9.59 Å². The highest BCUT2D eigenvalue weighted by molar-refractivity contribution is 5.78. The Kier molecular flexibility index (Phi) is 5.91. The first-order chi connectivity index (χ1) is 10.6. The average Bonchev–Trinajstić information content (AvgIpc) is 3.09. The van der Waals surface area contributed by atoms with E-state index >= 15 is 0 Å². The summed E-state index contributed by atoms with van der Waals surface area (Å²) in [6.45, 7) is 6.36. The molecule has 0 bridgehead atoms. The van der Waals surface area contributed by atoms with Gasteiger partial charge in [0.1, 0.15) is 6.33 Å². The van der Waals surface area contributed by atoms with E-state index in [4.69, 9.17) is 0 Å². The van der Waals surface area contributed by atoms with Crippen molar-refractivity contribution in [1.29, 1.82) is 0 Å². The van der Waals surface area contributed by atoms with Gasteiger partial charge in [0.05, 0.1) is 6.04 Å². The minimum Gasteiger partial charge on any atom is -0.346 e. The Hall–Kier alpha value is -1.92. The number of aryl methyl sites for hydroxylation is 1. The van der Waals surface area contributed by atoms with Gasteiger partial charge in [0.25, 0.3) is 0 Å². The summed E-state index contributed by atoms with van der Waals surface area (Å²) in [4.78, 5) is 25.3. The molecule has 2 heterocycles. The van der Waals surface area contributed by atoms with Gasteiger partial charge in [-0.15, -0.1) is 10.2 Å². The molecular weight excluding hydrogens is 282 g/mol. The monoisotopic (exact) mass is 307 g/mol. The topological polar surface area (TPSA) is 80.1 Å². The Morgan fingerprint density at radius 2 is 2.27 bits per heavy atom. The molecule has 0 spiro atoms. The van der Waals surface area contributed by atoms with Crippen LogP contribution in [0.2, 0.25) is 0 Å². The van der Waals surface area contributed by atoms with Crippen molar-refractivity contribution in [2.45, 2.75) is 58.5 Å². The summed E-state index contributed by atoms with van der Waals surface area (Å²) < 4.78 is 1.97. The molecule has 1 saturated heterocycles. The Morgan fingerprint density at radius 1 is 1.45 bits per heavy atom. The van der Waals surface area contributed by atoms with E-state index < -0.39 is 0 Å². The summed E-state index contributed by atoms with van der Waals surface area (Å²) in [5, 5.41) is 10.9. The zero-order chi connectivity index (χ0) is 15.9. The van der Waals surface area contributed by atoms with Gasteiger partial charge in [-0.1, -0.05) is 6.92 Å². The van der Waals surface area contributed by atoms with Gasteiger partial charge in [-0.2, -0.15) is 0 Å². The third kappa shape index (κ3) is 4.29. The van der Waals surface area contributed by atoms with Gasteiger partial charge < -0.3 is 14.8 Å². The van der Waals surface area contributed by atoms with E-state index in [9.17, 15) is 9.59 Å². The fraction of sp³-hybridized carbons (Fsp3) is 0.733. The lowest BCUT2D eigenvalue weighted by atomic mass is 10.2. The fourth-order valence-electron chi connectivity index (χ4n) is 2.76. The van der Waals surface area contributed by atoms with E-state index in [1.165, 1.54) is 0 Å². The molecule has 22 heavy (non-hydrogen) atoms. The molecule has 2 amide bonds. The smallest absolute Gasteiger partial charge is 0.222 e. The molecule has 1 N–H and O–H groups in total. The minimum atomic E-state index is -0.157. The quantitative estimate of drug-likeness (QED) is 0.784. The molecule has 1 atom stereocenters. The van der Waals surface area contributed by atoms with Crippen LogP contribution in [0.5, 0.6) is 0 Å². The number of rotatable bonds is 8. The van der Waals surface area contributed by atoms with Gasteiger partial charge in [-0.25, -0.2) is 0 Å². The van der Waals surface area contributed by atoms with Crippen LogP contribution < -0.4 is 5.32 Å². The normalized spacial score (nSPS) is 16.1. The summed E-state index contributed by atoms with van der Waals surface area (Å²) in [6.07, 6.45) is 5.41. The number of carbonyl (C=O) groups is 2. The molecular formula is C15H25N5O2. The minimum absolute atomic E-state index is 0.00908. The number of aromatic nitrogens is 3. The Morgan fingerprint density at radius 3 is 2.95 bits per heavy atom.